The molecule has 114 valence electrons. The van der Waals surface area contributed by atoms with Gasteiger partial charge < -0.3 is 15.1 Å². The lowest BCUT2D eigenvalue weighted by molar-refractivity contribution is 0.101. The number of carbonyl (C=O) groups excluding carboxylic acids is 1. The fourth-order valence-corrected chi connectivity index (χ4v) is 4.05. The summed E-state index contributed by atoms with van der Waals surface area (Å²) in [7, 11) is 0. The molecule has 1 saturated carbocycles. The minimum atomic E-state index is 0.189. The van der Waals surface area contributed by atoms with Gasteiger partial charge in [-0.05, 0) is 51.6 Å². The van der Waals surface area contributed by atoms with Crippen LogP contribution in [0.4, 0.5) is 4.79 Å². The number of hydrogen-bond donors (Lipinski definition) is 1. The summed E-state index contributed by atoms with van der Waals surface area (Å²) in [4.78, 5) is 16.9. The first-order valence-corrected chi connectivity index (χ1v) is 8.62. The van der Waals surface area contributed by atoms with Gasteiger partial charge in [-0.1, -0.05) is 19.3 Å². The lowest BCUT2D eigenvalue weighted by Gasteiger charge is -2.40. The molecule has 0 bridgehead atoms. The Morgan fingerprint density at radius 2 is 1.45 bits per heavy atom. The standard InChI is InChI=1S/C16H29N3O/c20-16(17-14-6-2-3-7-14)19-12-8-15(9-13-19)18-10-4-1-5-11-18/h14-15H,1-13H2,(H,17,20). The Balaban J connectivity index is 1.41. The van der Waals surface area contributed by atoms with Crippen LogP contribution in [0.1, 0.15) is 57.8 Å². The molecule has 2 amide bonds. The van der Waals surface area contributed by atoms with E-state index in [-0.39, 0.29) is 6.03 Å². The van der Waals surface area contributed by atoms with Crippen molar-refractivity contribution in [3.8, 4) is 0 Å². The topological polar surface area (TPSA) is 35.6 Å². The second-order valence-electron chi connectivity index (χ2n) is 6.75. The third-order valence-electron chi connectivity index (χ3n) is 5.34. The van der Waals surface area contributed by atoms with Gasteiger partial charge in [-0.15, -0.1) is 0 Å². The van der Waals surface area contributed by atoms with Gasteiger partial charge in [0.2, 0.25) is 0 Å². The molecule has 0 aromatic heterocycles. The molecule has 0 radical (unpaired) electrons. The maximum absolute atomic E-state index is 12.2. The summed E-state index contributed by atoms with van der Waals surface area (Å²) in [6, 6.07) is 1.36. The summed E-state index contributed by atoms with van der Waals surface area (Å²) in [5, 5.41) is 3.22. The van der Waals surface area contributed by atoms with Crippen molar-refractivity contribution in [2.45, 2.75) is 69.9 Å². The van der Waals surface area contributed by atoms with Crippen LogP contribution >= 0.6 is 0 Å². The summed E-state index contributed by atoms with van der Waals surface area (Å²) in [6.45, 7) is 4.44. The van der Waals surface area contributed by atoms with Crippen molar-refractivity contribution in [2.24, 2.45) is 0 Å². The molecule has 1 N–H and O–H groups in total. The number of likely N-dealkylation sites (tertiary alicyclic amines) is 2. The van der Waals surface area contributed by atoms with E-state index in [0.717, 1.165) is 32.0 Å². The van der Waals surface area contributed by atoms with E-state index in [9.17, 15) is 4.79 Å². The predicted octanol–water partition coefficient (Wildman–Crippen LogP) is 2.59. The minimum Gasteiger partial charge on any atom is -0.335 e. The summed E-state index contributed by atoms with van der Waals surface area (Å²) >= 11 is 0. The molecule has 0 atom stereocenters. The molecule has 3 aliphatic rings. The molecular formula is C16H29N3O. The second-order valence-corrected chi connectivity index (χ2v) is 6.75. The van der Waals surface area contributed by atoms with Gasteiger partial charge >= 0.3 is 6.03 Å². The number of nitrogens with zero attached hydrogens (tertiary/aromatic N) is 2. The van der Waals surface area contributed by atoms with Crippen LogP contribution in [0.2, 0.25) is 0 Å². The maximum Gasteiger partial charge on any atom is 0.317 e. The Labute approximate surface area is 122 Å². The summed E-state index contributed by atoms with van der Waals surface area (Å²) in [6.07, 6.45) is 11.4. The lowest BCUT2D eigenvalue weighted by atomic mass is 10.00. The van der Waals surface area contributed by atoms with Crippen molar-refractivity contribution < 1.29 is 4.79 Å². The highest BCUT2D eigenvalue weighted by atomic mass is 16.2. The van der Waals surface area contributed by atoms with Gasteiger partial charge in [0, 0.05) is 25.2 Å². The smallest absolute Gasteiger partial charge is 0.317 e. The van der Waals surface area contributed by atoms with Crippen molar-refractivity contribution in [1.29, 1.82) is 0 Å². The van der Waals surface area contributed by atoms with Gasteiger partial charge in [0.1, 0.15) is 0 Å². The highest BCUT2D eigenvalue weighted by Gasteiger charge is 2.28. The van der Waals surface area contributed by atoms with E-state index < -0.39 is 0 Å². The monoisotopic (exact) mass is 279 g/mol. The Bertz CT molecular complexity index is 314. The van der Waals surface area contributed by atoms with Crippen LogP contribution in [0.25, 0.3) is 0 Å². The zero-order valence-electron chi connectivity index (χ0n) is 12.6. The van der Waals surface area contributed by atoms with Crippen molar-refractivity contribution in [3.05, 3.63) is 0 Å². The minimum absolute atomic E-state index is 0.189. The summed E-state index contributed by atoms with van der Waals surface area (Å²) in [5.74, 6) is 0. The molecule has 3 rings (SSSR count). The molecule has 0 aromatic carbocycles. The SMILES string of the molecule is O=C(NC1CCCC1)N1CCC(N2CCCCC2)CC1. The fourth-order valence-electron chi connectivity index (χ4n) is 4.05. The molecule has 0 unspecified atom stereocenters. The first kappa shape index (κ1) is 14.2. The molecule has 0 spiro atoms. The van der Waals surface area contributed by atoms with Crippen molar-refractivity contribution >= 4 is 6.03 Å². The van der Waals surface area contributed by atoms with Crippen LogP contribution in [0.5, 0.6) is 0 Å². The Hall–Kier alpha value is -0.770. The van der Waals surface area contributed by atoms with E-state index in [4.69, 9.17) is 0 Å². The van der Waals surface area contributed by atoms with Crippen LogP contribution in [0, 0.1) is 0 Å². The average Bonchev–Trinajstić information content (AvgIpc) is 3.01. The van der Waals surface area contributed by atoms with Gasteiger partial charge in [0.25, 0.3) is 0 Å². The first-order valence-electron chi connectivity index (χ1n) is 8.62. The number of piperidine rings is 2. The van der Waals surface area contributed by atoms with Crippen LogP contribution in [-0.2, 0) is 0 Å². The van der Waals surface area contributed by atoms with Crippen molar-refractivity contribution in [2.75, 3.05) is 26.2 Å². The summed E-state index contributed by atoms with van der Waals surface area (Å²) < 4.78 is 0. The molecule has 1 aliphatic carbocycles. The highest BCUT2D eigenvalue weighted by molar-refractivity contribution is 5.74. The van der Waals surface area contributed by atoms with E-state index in [0.29, 0.717) is 6.04 Å². The average molecular weight is 279 g/mol. The molecule has 3 fully saturated rings. The number of rotatable bonds is 2. The number of nitrogens with one attached hydrogen (secondary N) is 1. The zero-order chi connectivity index (χ0) is 13.8. The molecule has 0 aromatic rings. The fraction of sp³-hybridized carbons (Fsp3) is 0.938. The Morgan fingerprint density at radius 3 is 2.10 bits per heavy atom. The maximum atomic E-state index is 12.2. The van der Waals surface area contributed by atoms with Gasteiger partial charge in [-0.3, -0.25) is 0 Å². The largest absolute Gasteiger partial charge is 0.335 e. The number of amides is 2. The quantitative estimate of drug-likeness (QED) is 0.843. The van der Waals surface area contributed by atoms with Gasteiger partial charge in [0.15, 0.2) is 0 Å². The molecule has 4 heteroatoms. The Morgan fingerprint density at radius 1 is 0.800 bits per heavy atom. The highest BCUT2D eigenvalue weighted by Crippen LogP contribution is 2.22. The second kappa shape index (κ2) is 6.79. The third kappa shape index (κ3) is 3.46. The van der Waals surface area contributed by atoms with Gasteiger partial charge in [-0.25, -0.2) is 4.79 Å². The van der Waals surface area contributed by atoms with Crippen LogP contribution in [0.3, 0.4) is 0 Å². The molecular weight excluding hydrogens is 250 g/mol. The van der Waals surface area contributed by atoms with Crippen LogP contribution < -0.4 is 5.32 Å². The number of hydrogen-bond acceptors (Lipinski definition) is 2. The van der Waals surface area contributed by atoms with Gasteiger partial charge in [0.05, 0.1) is 0 Å². The first-order chi connectivity index (χ1) is 9.83. The number of carbonyl (C=O) groups is 1. The molecule has 2 aliphatic heterocycles. The summed E-state index contributed by atoms with van der Waals surface area (Å²) in [5.41, 5.74) is 0. The molecule has 2 saturated heterocycles. The zero-order valence-corrected chi connectivity index (χ0v) is 12.6. The van der Waals surface area contributed by atoms with Crippen molar-refractivity contribution in [3.63, 3.8) is 0 Å². The van der Waals surface area contributed by atoms with Crippen LogP contribution in [0.15, 0.2) is 0 Å². The van der Waals surface area contributed by atoms with E-state index in [1.165, 1.54) is 58.0 Å². The van der Waals surface area contributed by atoms with E-state index in [1.807, 2.05) is 4.90 Å². The van der Waals surface area contributed by atoms with E-state index in [1.54, 1.807) is 0 Å². The van der Waals surface area contributed by atoms with E-state index >= 15 is 0 Å². The number of urea groups is 1. The molecule has 20 heavy (non-hydrogen) atoms. The normalized spacial score (nSPS) is 26.9. The molecule has 4 nitrogen and oxygen atoms in total. The van der Waals surface area contributed by atoms with Crippen molar-refractivity contribution in [1.82, 2.24) is 15.1 Å². The third-order valence-corrected chi connectivity index (χ3v) is 5.34. The predicted molar refractivity (Wildman–Crippen MR) is 80.8 cm³/mol. The van der Waals surface area contributed by atoms with Crippen LogP contribution in [-0.4, -0.2) is 54.1 Å². The lowest BCUT2D eigenvalue weighted by Crippen LogP contribution is -2.51. The van der Waals surface area contributed by atoms with Gasteiger partial charge in [-0.2, -0.15) is 0 Å². The Kier molecular flexibility index (Phi) is 4.81. The van der Waals surface area contributed by atoms with E-state index in [2.05, 4.69) is 10.2 Å². The molecule has 2 heterocycles.